The molecule has 0 aliphatic carbocycles. The first-order valence-corrected chi connectivity index (χ1v) is 7.50. The fraction of sp³-hybridized carbons (Fsp3) is 0.286. The van der Waals surface area contributed by atoms with E-state index in [1.807, 2.05) is 31.1 Å². The molecule has 5 nitrogen and oxygen atoms in total. The van der Waals surface area contributed by atoms with Crippen molar-refractivity contribution in [2.75, 3.05) is 20.6 Å². The predicted octanol–water partition coefficient (Wildman–Crippen LogP) is 2.18. The van der Waals surface area contributed by atoms with Gasteiger partial charge in [0.2, 0.25) is 0 Å². The van der Waals surface area contributed by atoms with Crippen molar-refractivity contribution < 1.29 is 0 Å². The number of aromatic nitrogens is 2. The van der Waals surface area contributed by atoms with Crippen LogP contribution in [0, 0.1) is 0 Å². The molecule has 112 valence electrons. The van der Waals surface area contributed by atoms with Gasteiger partial charge in [-0.25, -0.2) is 4.79 Å². The number of aromatic amines is 1. The zero-order chi connectivity index (χ0) is 15.6. The molecule has 0 saturated heterocycles. The van der Waals surface area contributed by atoms with Crippen LogP contribution < -0.4 is 11.2 Å². The third kappa shape index (κ3) is 3.64. The van der Waals surface area contributed by atoms with Gasteiger partial charge < -0.3 is 4.90 Å². The smallest absolute Gasteiger partial charge is 0.308 e. The monoisotopic (exact) mass is 371 g/mol. The van der Waals surface area contributed by atoms with E-state index in [2.05, 4.69) is 20.9 Å². The lowest BCUT2D eigenvalue weighted by molar-refractivity contribution is 0.376. The number of nitrogens with zero attached hydrogens (tertiary/aromatic N) is 2. The van der Waals surface area contributed by atoms with Crippen molar-refractivity contribution >= 4 is 27.5 Å². The number of hydrogen-bond donors (Lipinski definition) is 1. The van der Waals surface area contributed by atoms with Gasteiger partial charge in [0.05, 0.1) is 5.56 Å². The van der Waals surface area contributed by atoms with Crippen molar-refractivity contribution in [3.05, 3.63) is 54.7 Å². The van der Waals surface area contributed by atoms with Crippen LogP contribution in [0.2, 0.25) is 5.15 Å². The summed E-state index contributed by atoms with van der Waals surface area (Å²) in [4.78, 5) is 28.9. The molecule has 1 aromatic heterocycles. The summed E-state index contributed by atoms with van der Waals surface area (Å²) in [6.45, 7) is 0.891. The van der Waals surface area contributed by atoms with Crippen LogP contribution in [0.5, 0.6) is 0 Å². The highest BCUT2D eigenvalue weighted by atomic mass is 79.9. The van der Waals surface area contributed by atoms with Gasteiger partial charge in [0.25, 0.3) is 5.56 Å². The number of nitrogens with one attached hydrogen (secondary N) is 1. The molecule has 0 fully saturated rings. The normalized spacial score (nSPS) is 11.1. The van der Waals surface area contributed by atoms with Crippen molar-refractivity contribution in [1.29, 1.82) is 0 Å². The van der Waals surface area contributed by atoms with E-state index in [4.69, 9.17) is 11.6 Å². The number of hydrogen-bond acceptors (Lipinski definition) is 3. The summed E-state index contributed by atoms with van der Waals surface area (Å²) < 4.78 is 2.00. The molecule has 1 N–H and O–H groups in total. The van der Waals surface area contributed by atoms with Gasteiger partial charge in [0.1, 0.15) is 5.15 Å². The van der Waals surface area contributed by atoms with Crippen LogP contribution in [-0.4, -0.2) is 35.1 Å². The average molecular weight is 373 g/mol. The van der Waals surface area contributed by atoms with Gasteiger partial charge in [-0.2, -0.15) is 0 Å². The highest BCUT2D eigenvalue weighted by Gasteiger charge is 2.14. The third-order valence-electron chi connectivity index (χ3n) is 3.02. The van der Waals surface area contributed by atoms with Gasteiger partial charge in [-0.15, -0.1) is 0 Å². The van der Waals surface area contributed by atoms with Gasteiger partial charge >= 0.3 is 5.69 Å². The first kappa shape index (κ1) is 16.0. The number of likely N-dealkylation sites (N-methyl/N-ethyl adjacent to an activating group) is 1. The Morgan fingerprint density at radius 2 is 2.05 bits per heavy atom. The molecule has 0 unspecified atom stereocenters. The fourth-order valence-electron chi connectivity index (χ4n) is 1.94. The highest BCUT2D eigenvalue weighted by Crippen LogP contribution is 2.24. The zero-order valence-electron chi connectivity index (χ0n) is 11.7. The number of rotatable bonds is 4. The lowest BCUT2D eigenvalue weighted by Crippen LogP contribution is -2.38. The lowest BCUT2D eigenvalue weighted by atomic mass is 10.1. The minimum Gasteiger partial charge on any atom is -0.308 e. The zero-order valence-corrected chi connectivity index (χ0v) is 14.0. The molecule has 21 heavy (non-hydrogen) atoms. The molecule has 0 bridgehead atoms. The minimum absolute atomic E-state index is 0.0594. The molecule has 0 atom stereocenters. The van der Waals surface area contributed by atoms with E-state index in [-0.39, 0.29) is 10.7 Å². The largest absolute Gasteiger partial charge is 0.329 e. The quantitative estimate of drug-likeness (QED) is 0.837. The maximum absolute atomic E-state index is 12.6. The molecular formula is C14H15BrClN3O2. The molecule has 2 aromatic rings. The number of H-pyrrole nitrogens is 1. The second kappa shape index (κ2) is 6.60. The maximum Gasteiger partial charge on any atom is 0.329 e. The molecule has 1 aromatic carbocycles. The second-order valence-electron chi connectivity index (χ2n) is 4.89. The summed E-state index contributed by atoms with van der Waals surface area (Å²) in [5.41, 5.74) is 0.0832. The van der Waals surface area contributed by atoms with Gasteiger partial charge in [-0.05, 0) is 31.8 Å². The molecule has 7 heteroatoms. The van der Waals surface area contributed by atoms with Crippen LogP contribution in [0.3, 0.4) is 0 Å². The molecule has 0 radical (unpaired) electrons. The van der Waals surface area contributed by atoms with Crippen LogP contribution in [-0.2, 0) is 6.54 Å². The molecule has 0 amide bonds. The predicted molar refractivity (Wildman–Crippen MR) is 88.0 cm³/mol. The number of benzene rings is 1. The second-order valence-corrected chi connectivity index (χ2v) is 6.18. The SMILES string of the molecule is CN(C)CCn1c(=O)[nH]c(Cl)c(-c2cccc(Br)c2)c1=O. The van der Waals surface area contributed by atoms with Crippen LogP contribution in [0.1, 0.15) is 0 Å². The first-order valence-electron chi connectivity index (χ1n) is 6.33. The summed E-state index contributed by atoms with van der Waals surface area (Å²) in [7, 11) is 3.76. The van der Waals surface area contributed by atoms with E-state index in [1.165, 1.54) is 4.57 Å². The van der Waals surface area contributed by atoms with E-state index in [9.17, 15) is 9.59 Å². The van der Waals surface area contributed by atoms with Crippen molar-refractivity contribution in [2.24, 2.45) is 0 Å². The maximum atomic E-state index is 12.6. The average Bonchev–Trinajstić information content (AvgIpc) is 2.37. The molecule has 2 rings (SSSR count). The Morgan fingerprint density at radius 1 is 1.33 bits per heavy atom. The summed E-state index contributed by atoms with van der Waals surface area (Å²) in [6.07, 6.45) is 0. The van der Waals surface area contributed by atoms with Gasteiger partial charge in [0, 0.05) is 17.6 Å². The Kier molecular flexibility index (Phi) is 5.03. The van der Waals surface area contributed by atoms with Gasteiger partial charge in [0.15, 0.2) is 0 Å². The van der Waals surface area contributed by atoms with E-state index < -0.39 is 5.69 Å². The van der Waals surface area contributed by atoms with E-state index in [1.54, 1.807) is 12.1 Å². The van der Waals surface area contributed by atoms with Gasteiger partial charge in [-0.3, -0.25) is 14.3 Å². The summed E-state index contributed by atoms with van der Waals surface area (Å²) in [5, 5.41) is 0.0594. The molecule has 0 aliphatic heterocycles. The van der Waals surface area contributed by atoms with Gasteiger partial charge in [-0.1, -0.05) is 39.7 Å². The van der Waals surface area contributed by atoms with E-state index in [0.717, 1.165) is 4.47 Å². The van der Waals surface area contributed by atoms with Crippen LogP contribution in [0.15, 0.2) is 38.3 Å². The molecule has 0 saturated carbocycles. The Labute approximate surface area is 135 Å². The molecule has 0 spiro atoms. The first-order chi connectivity index (χ1) is 9.90. The topological polar surface area (TPSA) is 58.1 Å². The lowest BCUT2D eigenvalue weighted by Gasteiger charge is -2.12. The number of halogens is 2. The van der Waals surface area contributed by atoms with Crippen LogP contribution >= 0.6 is 27.5 Å². The summed E-state index contributed by atoms with van der Waals surface area (Å²) in [6, 6.07) is 7.23. The van der Waals surface area contributed by atoms with Crippen molar-refractivity contribution in [3.8, 4) is 11.1 Å². The molecule has 0 aliphatic rings. The fourth-order valence-corrected chi connectivity index (χ4v) is 2.61. The van der Waals surface area contributed by atoms with E-state index >= 15 is 0 Å². The Balaban J connectivity index is 2.59. The Morgan fingerprint density at radius 3 is 2.67 bits per heavy atom. The summed E-state index contributed by atoms with van der Waals surface area (Å²) >= 11 is 9.42. The van der Waals surface area contributed by atoms with Crippen molar-refractivity contribution in [1.82, 2.24) is 14.5 Å². The van der Waals surface area contributed by atoms with Crippen molar-refractivity contribution in [3.63, 3.8) is 0 Å². The van der Waals surface area contributed by atoms with Crippen molar-refractivity contribution in [2.45, 2.75) is 6.54 Å². The van der Waals surface area contributed by atoms with E-state index in [0.29, 0.717) is 24.2 Å². The Bertz CT molecular complexity index is 768. The summed E-state index contributed by atoms with van der Waals surface area (Å²) in [5.74, 6) is 0. The third-order valence-corrected chi connectivity index (χ3v) is 3.80. The van der Waals surface area contributed by atoms with Crippen LogP contribution in [0.4, 0.5) is 0 Å². The standard InChI is InChI=1S/C14H15BrClN3O2/c1-18(2)6-7-19-13(20)11(12(16)17-14(19)21)9-4-3-5-10(15)8-9/h3-5,8H,6-7H2,1-2H3,(H,17,21). The minimum atomic E-state index is -0.495. The highest BCUT2D eigenvalue weighted by molar-refractivity contribution is 9.10. The Hall–Kier alpha value is -1.37. The van der Waals surface area contributed by atoms with Crippen LogP contribution in [0.25, 0.3) is 11.1 Å². The molecule has 1 heterocycles. The molecular weight excluding hydrogens is 358 g/mol.